The zero-order chi connectivity index (χ0) is 13.1. The van der Waals surface area contributed by atoms with Gasteiger partial charge in [-0.2, -0.15) is 4.98 Å². The van der Waals surface area contributed by atoms with Crippen LogP contribution in [-0.4, -0.2) is 42.3 Å². The first-order valence-electron chi connectivity index (χ1n) is 5.37. The van der Waals surface area contributed by atoms with Gasteiger partial charge in [-0.3, -0.25) is 0 Å². The van der Waals surface area contributed by atoms with Gasteiger partial charge in [-0.1, -0.05) is 0 Å². The maximum Gasteiger partial charge on any atom is 0.407 e. The van der Waals surface area contributed by atoms with E-state index in [1.807, 2.05) is 0 Å². The van der Waals surface area contributed by atoms with E-state index in [0.717, 1.165) is 6.20 Å². The van der Waals surface area contributed by atoms with Gasteiger partial charge in [0.1, 0.15) is 0 Å². The van der Waals surface area contributed by atoms with Crippen molar-refractivity contribution in [2.45, 2.75) is 12.5 Å². The molecule has 0 radical (unpaired) electrons. The van der Waals surface area contributed by atoms with E-state index in [1.54, 1.807) is 4.90 Å². The van der Waals surface area contributed by atoms with Gasteiger partial charge < -0.3 is 15.0 Å². The van der Waals surface area contributed by atoms with Gasteiger partial charge in [0.15, 0.2) is 11.6 Å². The molecular weight excluding hydrogens is 263 g/mol. The molecule has 1 aliphatic heterocycles. The summed E-state index contributed by atoms with van der Waals surface area (Å²) in [5, 5.41) is 2.66. The third kappa shape index (κ3) is 2.79. The third-order valence-corrected chi connectivity index (χ3v) is 2.87. The molecule has 1 aromatic rings. The number of alkyl carbamates (subject to hydrolysis) is 1. The number of carbonyl (C=O) groups excluding carboxylic acids is 1. The van der Waals surface area contributed by atoms with Gasteiger partial charge in [-0.25, -0.2) is 14.2 Å². The van der Waals surface area contributed by atoms with Crippen molar-refractivity contribution in [3.05, 3.63) is 17.3 Å². The van der Waals surface area contributed by atoms with Gasteiger partial charge >= 0.3 is 6.09 Å². The quantitative estimate of drug-likeness (QED) is 0.821. The Bertz CT molecular complexity index is 460. The Balaban J connectivity index is 2.04. The Hall–Kier alpha value is -1.63. The van der Waals surface area contributed by atoms with Crippen LogP contribution in [0, 0.1) is 5.82 Å². The fourth-order valence-electron chi connectivity index (χ4n) is 1.86. The summed E-state index contributed by atoms with van der Waals surface area (Å²) in [5.41, 5.74) is 0. The molecule has 2 rings (SSSR count). The lowest BCUT2D eigenvalue weighted by atomic mass is 10.3. The van der Waals surface area contributed by atoms with Crippen LogP contribution in [0.3, 0.4) is 0 Å². The normalized spacial score (nSPS) is 18.8. The average molecular weight is 275 g/mol. The molecule has 0 spiro atoms. The number of anilines is 1. The highest BCUT2D eigenvalue weighted by atomic mass is 35.5. The smallest absolute Gasteiger partial charge is 0.407 e. The molecular formula is C10H12ClFN4O2. The van der Waals surface area contributed by atoms with Gasteiger partial charge in [-0.05, 0) is 18.0 Å². The molecule has 1 fully saturated rings. The minimum absolute atomic E-state index is 0.00391. The third-order valence-electron chi connectivity index (χ3n) is 2.69. The summed E-state index contributed by atoms with van der Waals surface area (Å²) in [6, 6.07) is -0.0920. The molecule has 2 heterocycles. The lowest BCUT2D eigenvalue weighted by Crippen LogP contribution is -2.37. The molecule has 18 heavy (non-hydrogen) atoms. The van der Waals surface area contributed by atoms with Crippen molar-refractivity contribution in [1.29, 1.82) is 0 Å². The lowest BCUT2D eigenvalue weighted by molar-refractivity contribution is 0.167. The van der Waals surface area contributed by atoms with Gasteiger partial charge in [0.25, 0.3) is 0 Å². The van der Waals surface area contributed by atoms with E-state index in [1.165, 1.54) is 7.11 Å². The number of ether oxygens (including phenoxy) is 1. The molecule has 1 N–H and O–H groups in total. The molecule has 1 aliphatic rings. The fraction of sp³-hybridized carbons (Fsp3) is 0.500. The average Bonchev–Trinajstić information content (AvgIpc) is 2.80. The summed E-state index contributed by atoms with van der Waals surface area (Å²) < 4.78 is 18.0. The first-order chi connectivity index (χ1) is 8.60. The van der Waals surface area contributed by atoms with Crippen LogP contribution < -0.4 is 10.2 Å². The Kier molecular flexibility index (Phi) is 3.81. The number of hydrogen-bond donors (Lipinski definition) is 1. The van der Waals surface area contributed by atoms with E-state index in [-0.39, 0.29) is 17.1 Å². The standard InChI is InChI=1S/C10H12ClFN4O2/c1-18-10(17)14-6-2-3-16(5-6)8-7(12)4-13-9(11)15-8/h4,6H,2-3,5H2,1H3,(H,14,17). The Morgan fingerprint density at radius 2 is 2.50 bits per heavy atom. The molecule has 1 amide bonds. The molecule has 0 aliphatic carbocycles. The van der Waals surface area contributed by atoms with Crippen LogP contribution in [0.2, 0.25) is 5.28 Å². The Morgan fingerprint density at radius 3 is 3.22 bits per heavy atom. The van der Waals surface area contributed by atoms with Crippen molar-refractivity contribution in [1.82, 2.24) is 15.3 Å². The molecule has 6 nitrogen and oxygen atoms in total. The molecule has 1 unspecified atom stereocenters. The summed E-state index contributed by atoms with van der Waals surface area (Å²) in [4.78, 5) is 20.2. The molecule has 0 saturated carbocycles. The van der Waals surface area contributed by atoms with Gasteiger partial charge in [0.2, 0.25) is 5.28 Å². The Labute approximate surface area is 108 Å². The van der Waals surface area contributed by atoms with Crippen molar-refractivity contribution < 1.29 is 13.9 Å². The van der Waals surface area contributed by atoms with Crippen LogP contribution in [0.25, 0.3) is 0 Å². The van der Waals surface area contributed by atoms with Crippen LogP contribution in [0.1, 0.15) is 6.42 Å². The van der Waals surface area contributed by atoms with Crippen molar-refractivity contribution in [2.24, 2.45) is 0 Å². The van der Waals surface area contributed by atoms with Gasteiger partial charge in [0, 0.05) is 13.1 Å². The number of amides is 1. The molecule has 1 atom stereocenters. The number of carbonyl (C=O) groups is 1. The van der Waals surface area contributed by atoms with Crippen LogP contribution in [0.4, 0.5) is 15.0 Å². The van der Waals surface area contributed by atoms with Gasteiger partial charge in [-0.15, -0.1) is 0 Å². The predicted molar refractivity (Wildman–Crippen MR) is 63.2 cm³/mol. The largest absolute Gasteiger partial charge is 0.453 e. The number of halogens is 2. The van der Waals surface area contributed by atoms with E-state index in [4.69, 9.17) is 11.6 Å². The highest BCUT2D eigenvalue weighted by molar-refractivity contribution is 6.28. The van der Waals surface area contributed by atoms with Crippen molar-refractivity contribution in [3.8, 4) is 0 Å². The zero-order valence-corrected chi connectivity index (χ0v) is 10.4. The molecule has 1 aromatic heterocycles. The summed E-state index contributed by atoms with van der Waals surface area (Å²) in [6.07, 6.45) is 1.23. The van der Waals surface area contributed by atoms with Crippen molar-refractivity contribution in [3.63, 3.8) is 0 Å². The summed E-state index contributed by atoms with van der Waals surface area (Å²) in [7, 11) is 1.30. The Morgan fingerprint density at radius 1 is 1.72 bits per heavy atom. The highest BCUT2D eigenvalue weighted by Crippen LogP contribution is 2.22. The first kappa shape index (κ1) is 12.8. The van der Waals surface area contributed by atoms with E-state index in [9.17, 15) is 9.18 Å². The van der Waals surface area contributed by atoms with Crippen LogP contribution >= 0.6 is 11.6 Å². The maximum absolute atomic E-state index is 13.5. The monoisotopic (exact) mass is 274 g/mol. The summed E-state index contributed by atoms with van der Waals surface area (Å²) in [6.45, 7) is 1.04. The SMILES string of the molecule is COC(=O)NC1CCN(c2nc(Cl)ncc2F)C1. The zero-order valence-electron chi connectivity index (χ0n) is 9.69. The van der Waals surface area contributed by atoms with Crippen LogP contribution in [0.15, 0.2) is 6.20 Å². The van der Waals surface area contributed by atoms with Crippen LogP contribution in [-0.2, 0) is 4.74 Å². The molecule has 0 aromatic carbocycles. The number of hydrogen-bond acceptors (Lipinski definition) is 5. The minimum atomic E-state index is -0.530. The minimum Gasteiger partial charge on any atom is -0.453 e. The summed E-state index contributed by atoms with van der Waals surface area (Å²) in [5.74, 6) is -0.373. The summed E-state index contributed by atoms with van der Waals surface area (Å²) >= 11 is 5.63. The van der Waals surface area contributed by atoms with E-state index in [2.05, 4.69) is 20.0 Å². The first-order valence-corrected chi connectivity index (χ1v) is 5.75. The van der Waals surface area contributed by atoms with Crippen molar-refractivity contribution >= 4 is 23.5 Å². The molecule has 0 bridgehead atoms. The number of rotatable bonds is 2. The van der Waals surface area contributed by atoms with E-state index in [0.29, 0.717) is 19.5 Å². The van der Waals surface area contributed by atoms with E-state index < -0.39 is 11.9 Å². The molecule has 8 heteroatoms. The fourth-order valence-corrected chi connectivity index (χ4v) is 1.98. The number of methoxy groups -OCH3 is 1. The second-order valence-corrected chi connectivity index (χ2v) is 4.22. The van der Waals surface area contributed by atoms with E-state index >= 15 is 0 Å². The number of nitrogens with one attached hydrogen (secondary N) is 1. The topological polar surface area (TPSA) is 67.3 Å². The number of aromatic nitrogens is 2. The molecule has 1 saturated heterocycles. The molecule has 98 valence electrons. The second kappa shape index (κ2) is 5.34. The van der Waals surface area contributed by atoms with Crippen LogP contribution in [0.5, 0.6) is 0 Å². The predicted octanol–water partition coefficient (Wildman–Crippen LogP) is 1.20. The number of nitrogens with zero attached hydrogens (tertiary/aromatic N) is 3. The second-order valence-electron chi connectivity index (χ2n) is 3.88. The van der Waals surface area contributed by atoms with Crippen molar-refractivity contribution in [2.75, 3.05) is 25.1 Å². The highest BCUT2D eigenvalue weighted by Gasteiger charge is 2.27. The lowest BCUT2D eigenvalue weighted by Gasteiger charge is -2.18. The maximum atomic E-state index is 13.5. The van der Waals surface area contributed by atoms with Gasteiger partial charge in [0.05, 0.1) is 19.3 Å².